The lowest BCUT2D eigenvalue weighted by Crippen LogP contribution is -2.36. The highest BCUT2D eigenvalue weighted by atomic mass is 15.4. The van der Waals surface area contributed by atoms with Crippen LogP contribution in [0.2, 0.25) is 0 Å². The summed E-state index contributed by atoms with van der Waals surface area (Å²) in [5.41, 5.74) is 4.36. The molecule has 3 aromatic rings. The van der Waals surface area contributed by atoms with E-state index < -0.39 is 0 Å². The van der Waals surface area contributed by atoms with Gasteiger partial charge in [-0.25, -0.2) is 0 Å². The van der Waals surface area contributed by atoms with Crippen molar-refractivity contribution in [3.05, 3.63) is 59.8 Å². The van der Waals surface area contributed by atoms with Crippen molar-refractivity contribution in [3.8, 4) is 11.8 Å². The maximum atomic E-state index is 9.15. The van der Waals surface area contributed by atoms with Crippen molar-refractivity contribution < 1.29 is 4.68 Å². The van der Waals surface area contributed by atoms with Crippen LogP contribution in [-0.4, -0.2) is 4.68 Å². The van der Waals surface area contributed by atoms with Gasteiger partial charge in [-0.2, -0.15) is 5.26 Å². The molecule has 0 fully saturated rings. The van der Waals surface area contributed by atoms with Crippen LogP contribution in [0.5, 0.6) is 0 Å². The fourth-order valence-electron chi connectivity index (χ4n) is 2.73. The Morgan fingerprint density at radius 3 is 2.89 bits per heavy atom. The van der Waals surface area contributed by atoms with Crippen LogP contribution in [0.15, 0.2) is 48.7 Å². The highest BCUT2D eigenvalue weighted by molar-refractivity contribution is 5.85. The lowest BCUT2D eigenvalue weighted by molar-refractivity contribution is -0.749. The molecule has 0 saturated carbocycles. The number of aromatic nitrogens is 2. The number of fused-ring (bicyclic) bond motifs is 5. The summed E-state index contributed by atoms with van der Waals surface area (Å²) in [4.78, 5) is 0. The molecule has 84 valence electrons. The van der Waals surface area contributed by atoms with Crippen molar-refractivity contribution in [1.29, 1.82) is 5.26 Å². The number of benzene rings is 2. The van der Waals surface area contributed by atoms with Gasteiger partial charge in [-0.05, 0) is 18.2 Å². The summed E-state index contributed by atoms with van der Waals surface area (Å²) in [6, 6.07) is 16.5. The van der Waals surface area contributed by atoms with Crippen LogP contribution < -0.4 is 4.68 Å². The molecule has 2 aromatic carbocycles. The van der Waals surface area contributed by atoms with Crippen molar-refractivity contribution >= 4 is 10.9 Å². The fraction of sp³-hybridized carbons (Fsp3) is 0.0667. The summed E-state index contributed by atoms with van der Waals surface area (Å²) < 4.78 is 4.35. The largest absolute Gasteiger partial charge is 0.205 e. The summed E-state index contributed by atoms with van der Waals surface area (Å²) >= 11 is 0. The van der Waals surface area contributed by atoms with Gasteiger partial charge >= 0.3 is 0 Å². The quantitative estimate of drug-likeness (QED) is 0.427. The Labute approximate surface area is 104 Å². The van der Waals surface area contributed by atoms with E-state index in [1.165, 1.54) is 11.3 Å². The maximum Gasteiger partial charge on any atom is 0.205 e. The van der Waals surface area contributed by atoms with Crippen LogP contribution in [0.4, 0.5) is 0 Å². The first-order chi connectivity index (χ1) is 8.88. The number of hydrogen-bond acceptors (Lipinski definition) is 1. The first kappa shape index (κ1) is 9.43. The average Bonchev–Trinajstić information content (AvgIpc) is 2.93. The second-order valence-corrected chi connectivity index (χ2v) is 4.52. The smallest absolute Gasteiger partial charge is 0.192 e. The van der Waals surface area contributed by atoms with E-state index in [9.17, 15) is 0 Å². The maximum absolute atomic E-state index is 9.15. The molecule has 0 N–H and O–H groups in total. The molecular weight excluding hydrogens is 222 g/mol. The van der Waals surface area contributed by atoms with E-state index in [4.69, 9.17) is 5.26 Å². The summed E-state index contributed by atoms with van der Waals surface area (Å²) in [6.45, 7) is 0.871. The Morgan fingerprint density at radius 2 is 2.00 bits per heavy atom. The summed E-state index contributed by atoms with van der Waals surface area (Å²) in [7, 11) is 0. The number of rotatable bonds is 0. The Kier molecular flexibility index (Phi) is 1.68. The van der Waals surface area contributed by atoms with E-state index in [-0.39, 0.29) is 0 Å². The van der Waals surface area contributed by atoms with Gasteiger partial charge in [0.25, 0.3) is 0 Å². The van der Waals surface area contributed by atoms with Crippen molar-refractivity contribution in [2.75, 3.05) is 0 Å². The molecular formula is C15H10N3+. The van der Waals surface area contributed by atoms with Crippen LogP contribution in [0.25, 0.3) is 16.6 Å². The zero-order chi connectivity index (χ0) is 12.1. The molecule has 0 radical (unpaired) electrons. The van der Waals surface area contributed by atoms with Crippen LogP contribution in [-0.2, 0) is 6.54 Å². The summed E-state index contributed by atoms with van der Waals surface area (Å²) in [5.74, 6) is 0. The monoisotopic (exact) mass is 232 g/mol. The topological polar surface area (TPSA) is 32.6 Å². The van der Waals surface area contributed by atoms with Crippen LogP contribution in [0, 0.1) is 11.3 Å². The van der Waals surface area contributed by atoms with Gasteiger partial charge in [-0.15, -0.1) is 9.36 Å². The van der Waals surface area contributed by atoms with Crippen LogP contribution in [0.1, 0.15) is 11.1 Å². The van der Waals surface area contributed by atoms with E-state index in [2.05, 4.69) is 52.0 Å². The predicted molar refractivity (Wildman–Crippen MR) is 67.3 cm³/mol. The lowest BCUT2D eigenvalue weighted by Gasteiger charge is -1.97. The molecule has 0 amide bonds. The normalized spacial score (nSPS) is 12.2. The third-order valence-corrected chi connectivity index (χ3v) is 3.52. The van der Waals surface area contributed by atoms with E-state index in [1.54, 1.807) is 0 Å². The minimum absolute atomic E-state index is 0.736. The van der Waals surface area contributed by atoms with Gasteiger partial charge in [0.15, 0.2) is 6.54 Å². The Balaban J connectivity index is 2.14. The third-order valence-electron chi connectivity index (χ3n) is 3.52. The van der Waals surface area contributed by atoms with E-state index >= 15 is 0 Å². The Bertz CT molecular complexity index is 821. The Morgan fingerprint density at radius 1 is 1.11 bits per heavy atom. The molecule has 1 aliphatic heterocycles. The number of para-hydroxylation sites is 1. The highest BCUT2D eigenvalue weighted by Gasteiger charge is 2.28. The molecule has 1 aliphatic rings. The minimum Gasteiger partial charge on any atom is -0.192 e. The summed E-state index contributed by atoms with van der Waals surface area (Å²) in [5, 5.41) is 10.2. The van der Waals surface area contributed by atoms with Crippen LogP contribution in [0.3, 0.4) is 0 Å². The lowest BCUT2D eigenvalue weighted by atomic mass is 10.1. The highest BCUT2D eigenvalue weighted by Crippen LogP contribution is 2.25. The molecule has 3 nitrogen and oxygen atoms in total. The molecule has 0 spiro atoms. The zero-order valence-corrected chi connectivity index (χ0v) is 9.67. The molecule has 3 heteroatoms. The van der Waals surface area contributed by atoms with Crippen molar-refractivity contribution in [2.24, 2.45) is 0 Å². The molecule has 1 aromatic heterocycles. The molecule has 0 unspecified atom stereocenters. The summed E-state index contributed by atoms with van der Waals surface area (Å²) in [6.07, 6.45) is 2.06. The molecule has 18 heavy (non-hydrogen) atoms. The van der Waals surface area contributed by atoms with Gasteiger partial charge in [0, 0.05) is 5.56 Å². The van der Waals surface area contributed by atoms with E-state index in [0.29, 0.717) is 0 Å². The zero-order valence-electron chi connectivity index (χ0n) is 9.67. The van der Waals surface area contributed by atoms with Gasteiger partial charge in [0.05, 0.1) is 10.9 Å². The van der Waals surface area contributed by atoms with Gasteiger partial charge in [-0.3, -0.25) is 0 Å². The number of nitrogens with zero attached hydrogens (tertiary/aromatic N) is 3. The number of nitriles is 1. The Hall–Kier alpha value is -2.60. The van der Waals surface area contributed by atoms with Crippen molar-refractivity contribution in [2.45, 2.75) is 6.54 Å². The fourth-order valence-corrected chi connectivity index (χ4v) is 2.73. The molecule has 2 heterocycles. The average molecular weight is 232 g/mol. The molecule has 0 bridgehead atoms. The van der Waals surface area contributed by atoms with Crippen LogP contribution >= 0.6 is 0 Å². The first-order valence-electron chi connectivity index (χ1n) is 5.91. The van der Waals surface area contributed by atoms with Gasteiger partial charge < -0.3 is 0 Å². The van der Waals surface area contributed by atoms with Crippen molar-refractivity contribution in [3.63, 3.8) is 0 Å². The van der Waals surface area contributed by atoms with Gasteiger partial charge in [-0.1, -0.05) is 24.3 Å². The molecule has 0 atom stereocenters. The van der Waals surface area contributed by atoms with Gasteiger partial charge in [0.2, 0.25) is 6.20 Å². The SMILES string of the molecule is N#Cc1cccc2c1c[n+]1n2-c2ccccc2C1. The minimum atomic E-state index is 0.736. The van der Waals surface area contributed by atoms with E-state index in [1.807, 2.05) is 12.1 Å². The second-order valence-electron chi connectivity index (χ2n) is 4.52. The molecule has 0 aliphatic carbocycles. The predicted octanol–water partition coefficient (Wildman–Crippen LogP) is 2.15. The number of hydrogen-bond donors (Lipinski definition) is 0. The third kappa shape index (κ3) is 1.05. The molecule has 0 saturated heterocycles. The van der Waals surface area contributed by atoms with Gasteiger partial charge in [0.1, 0.15) is 17.3 Å². The van der Waals surface area contributed by atoms with E-state index in [0.717, 1.165) is 23.0 Å². The standard InChI is InChI=1S/C15H10N3/c16-8-11-5-3-7-15-13(11)10-17-9-12-4-1-2-6-14(12)18(15)17/h1-7,10H,9H2/q+1. The molecule has 4 rings (SSSR count). The second kappa shape index (κ2) is 3.21. The first-order valence-corrected chi connectivity index (χ1v) is 5.91. The van der Waals surface area contributed by atoms with Crippen molar-refractivity contribution in [1.82, 2.24) is 4.68 Å².